The summed E-state index contributed by atoms with van der Waals surface area (Å²) in [4.78, 5) is 24.4. The molecule has 0 aromatic carbocycles. The normalized spacial score (nSPS) is 20.3. The van der Waals surface area contributed by atoms with E-state index in [-0.39, 0.29) is 12.5 Å². The lowest BCUT2D eigenvalue weighted by Crippen LogP contribution is -2.53. The number of carbonyl (C=O) groups excluding carboxylic acids is 2. The molecule has 0 aliphatic carbocycles. The zero-order valence-electron chi connectivity index (χ0n) is 9.71. The van der Waals surface area contributed by atoms with Crippen molar-refractivity contribution in [2.45, 2.75) is 39.5 Å². The molecule has 1 aliphatic rings. The maximum absolute atomic E-state index is 12.1. The number of rotatable bonds is 4. The Labute approximate surface area is 90.6 Å². The molecule has 1 saturated heterocycles. The van der Waals surface area contributed by atoms with Crippen molar-refractivity contribution in [2.75, 3.05) is 13.7 Å². The average Bonchev–Trinajstić information content (AvgIpc) is 2.22. The zero-order chi connectivity index (χ0) is 11.5. The van der Waals surface area contributed by atoms with Gasteiger partial charge in [0, 0.05) is 7.05 Å². The molecular formula is C11H19NO3. The van der Waals surface area contributed by atoms with E-state index in [4.69, 9.17) is 4.74 Å². The van der Waals surface area contributed by atoms with Gasteiger partial charge in [0.05, 0.1) is 5.41 Å². The lowest BCUT2D eigenvalue weighted by Gasteiger charge is -2.38. The summed E-state index contributed by atoms with van der Waals surface area (Å²) in [5, 5.41) is 0. The fraction of sp³-hybridized carbons (Fsp3) is 0.818. The van der Waals surface area contributed by atoms with Crippen LogP contribution in [0, 0.1) is 5.41 Å². The van der Waals surface area contributed by atoms with E-state index in [9.17, 15) is 9.59 Å². The lowest BCUT2D eigenvalue weighted by molar-refractivity contribution is -0.149. The Kier molecular flexibility index (Phi) is 3.72. The van der Waals surface area contributed by atoms with E-state index in [0.29, 0.717) is 0 Å². The van der Waals surface area contributed by atoms with E-state index in [1.54, 1.807) is 0 Å². The van der Waals surface area contributed by atoms with Crippen molar-refractivity contribution in [3.63, 3.8) is 0 Å². The number of amides is 2. The highest BCUT2D eigenvalue weighted by Crippen LogP contribution is 2.35. The van der Waals surface area contributed by atoms with E-state index in [1.165, 1.54) is 7.05 Å². The largest absolute Gasteiger partial charge is 0.448 e. The molecule has 1 aliphatic heterocycles. The Balaban J connectivity index is 2.87. The van der Waals surface area contributed by atoms with Crippen LogP contribution in [-0.4, -0.2) is 30.6 Å². The van der Waals surface area contributed by atoms with Gasteiger partial charge in [0.2, 0.25) is 5.91 Å². The summed E-state index contributed by atoms with van der Waals surface area (Å²) in [6, 6.07) is 0. The van der Waals surface area contributed by atoms with Crippen LogP contribution in [0.2, 0.25) is 0 Å². The van der Waals surface area contributed by atoms with E-state index < -0.39 is 11.5 Å². The summed E-state index contributed by atoms with van der Waals surface area (Å²) in [5.41, 5.74) is -0.466. The van der Waals surface area contributed by atoms with Crippen LogP contribution in [0.4, 0.5) is 4.79 Å². The molecule has 4 nitrogen and oxygen atoms in total. The van der Waals surface area contributed by atoms with Crippen molar-refractivity contribution < 1.29 is 14.3 Å². The van der Waals surface area contributed by atoms with Crippen LogP contribution in [-0.2, 0) is 9.53 Å². The SMILES string of the molecule is CCCC1(CCC)COC(=O)N(C)C1=O. The van der Waals surface area contributed by atoms with Gasteiger partial charge in [0.15, 0.2) is 0 Å². The minimum atomic E-state index is -0.525. The van der Waals surface area contributed by atoms with Crippen LogP contribution in [0.15, 0.2) is 0 Å². The molecule has 1 fully saturated rings. The molecule has 86 valence electrons. The minimum absolute atomic E-state index is 0.0811. The first kappa shape index (κ1) is 12.0. The number of ether oxygens (including phenoxy) is 1. The van der Waals surface area contributed by atoms with E-state index in [2.05, 4.69) is 0 Å². The highest BCUT2D eigenvalue weighted by molar-refractivity contribution is 5.97. The van der Waals surface area contributed by atoms with Gasteiger partial charge in [0.25, 0.3) is 0 Å². The van der Waals surface area contributed by atoms with Crippen molar-refractivity contribution in [3.05, 3.63) is 0 Å². The first-order chi connectivity index (χ1) is 7.07. The molecular weight excluding hydrogens is 194 g/mol. The van der Waals surface area contributed by atoms with Gasteiger partial charge in [-0.25, -0.2) is 9.69 Å². The number of cyclic esters (lactones) is 1. The van der Waals surface area contributed by atoms with Gasteiger partial charge in [-0.2, -0.15) is 0 Å². The van der Waals surface area contributed by atoms with Gasteiger partial charge in [0.1, 0.15) is 6.61 Å². The number of hydrogen-bond acceptors (Lipinski definition) is 3. The smallest absolute Gasteiger partial charge is 0.416 e. The van der Waals surface area contributed by atoms with Crippen molar-refractivity contribution >= 4 is 12.0 Å². The van der Waals surface area contributed by atoms with Crippen LogP contribution in [0.5, 0.6) is 0 Å². The van der Waals surface area contributed by atoms with Crippen LogP contribution in [0.25, 0.3) is 0 Å². The van der Waals surface area contributed by atoms with E-state index >= 15 is 0 Å². The molecule has 0 unspecified atom stereocenters. The number of imide groups is 1. The van der Waals surface area contributed by atoms with Crippen molar-refractivity contribution in [2.24, 2.45) is 5.41 Å². The highest BCUT2D eigenvalue weighted by Gasteiger charge is 2.45. The summed E-state index contributed by atoms with van der Waals surface area (Å²) in [6.07, 6.45) is 2.91. The van der Waals surface area contributed by atoms with Gasteiger partial charge in [-0.1, -0.05) is 26.7 Å². The van der Waals surface area contributed by atoms with Crippen LogP contribution in [0.3, 0.4) is 0 Å². The Morgan fingerprint density at radius 3 is 2.27 bits per heavy atom. The standard InChI is InChI=1S/C11H19NO3/c1-4-6-11(7-5-2)8-15-10(14)12(3)9(11)13/h4-8H2,1-3H3. The second-order valence-corrected chi connectivity index (χ2v) is 4.20. The van der Waals surface area contributed by atoms with E-state index in [0.717, 1.165) is 30.6 Å². The van der Waals surface area contributed by atoms with Crippen molar-refractivity contribution in [1.82, 2.24) is 4.90 Å². The summed E-state index contributed by atoms with van der Waals surface area (Å²) in [5.74, 6) is -0.0811. The summed E-state index contributed by atoms with van der Waals surface area (Å²) in [7, 11) is 1.49. The lowest BCUT2D eigenvalue weighted by atomic mass is 9.78. The second-order valence-electron chi connectivity index (χ2n) is 4.20. The molecule has 0 aromatic rings. The van der Waals surface area contributed by atoms with Crippen molar-refractivity contribution in [1.29, 1.82) is 0 Å². The third-order valence-corrected chi connectivity index (χ3v) is 2.96. The maximum atomic E-state index is 12.1. The Morgan fingerprint density at radius 2 is 1.80 bits per heavy atom. The van der Waals surface area contributed by atoms with Gasteiger partial charge < -0.3 is 4.74 Å². The number of nitrogens with zero attached hydrogens (tertiary/aromatic N) is 1. The molecule has 1 rings (SSSR count). The molecule has 15 heavy (non-hydrogen) atoms. The number of hydrogen-bond donors (Lipinski definition) is 0. The Morgan fingerprint density at radius 1 is 1.27 bits per heavy atom. The van der Waals surface area contributed by atoms with Crippen LogP contribution >= 0.6 is 0 Å². The molecule has 0 bridgehead atoms. The highest BCUT2D eigenvalue weighted by atomic mass is 16.6. The van der Waals surface area contributed by atoms with Gasteiger partial charge in [-0.05, 0) is 12.8 Å². The number of carbonyl (C=O) groups is 2. The molecule has 0 aromatic heterocycles. The molecule has 4 heteroatoms. The Hall–Kier alpha value is -1.06. The fourth-order valence-electron chi connectivity index (χ4n) is 2.24. The monoisotopic (exact) mass is 213 g/mol. The molecule has 0 saturated carbocycles. The van der Waals surface area contributed by atoms with Crippen LogP contribution in [0.1, 0.15) is 39.5 Å². The molecule has 0 atom stereocenters. The zero-order valence-corrected chi connectivity index (χ0v) is 9.71. The molecule has 0 spiro atoms. The average molecular weight is 213 g/mol. The van der Waals surface area contributed by atoms with Gasteiger partial charge >= 0.3 is 6.09 Å². The maximum Gasteiger partial charge on any atom is 0.416 e. The third-order valence-electron chi connectivity index (χ3n) is 2.96. The molecule has 2 amide bonds. The second kappa shape index (κ2) is 4.64. The molecule has 0 N–H and O–H groups in total. The van der Waals surface area contributed by atoms with Crippen LogP contribution < -0.4 is 0 Å². The van der Waals surface area contributed by atoms with E-state index in [1.807, 2.05) is 13.8 Å². The third kappa shape index (κ3) is 2.13. The van der Waals surface area contributed by atoms with Gasteiger partial charge in [-0.15, -0.1) is 0 Å². The molecule has 1 heterocycles. The predicted molar refractivity (Wildman–Crippen MR) is 56.4 cm³/mol. The summed E-state index contributed by atoms with van der Waals surface area (Å²) < 4.78 is 5.05. The Bertz CT molecular complexity index is 257. The topological polar surface area (TPSA) is 46.6 Å². The fourth-order valence-corrected chi connectivity index (χ4v) is 2.24. The van der Waals surface area contributed by atoms with Crippen molar-refractivity contribution in [3.8, 4) is 0 Å². The predicted octanol–water partition coefficient (Wildman–Crippen LogP) is 2.18. The molecule has 0 radical (unpaired) electrons. The minimum Gasteiger partial charge on any atom is -0.448 e. The quantitative estimate of drug-likeness (QED) is 0.719. The first-order valence-electron chi connectivity index (χ1n) is 5.52. The summed E-state index contributed by atoms with van der Waals surface area (Å²) in [6.45, 7) is 4.33. The summed E-state index contributed by atoms with van der Waals surface area (Å²) >= 11 is 0. The van der Waals surface area contributed by atoms with Gasteiger partial charge in [-0.3, -0.25) is 4.79 Å². The first-order valence-corrected chi connectivity index (χ1v) is 5.52.